The Labute approximate surface area is 176 Å². The Morgan fingerprint density at radius 1 is 1.27 bits per heavy atom. The van der Waals surface area contributed by atoms with Crippen molar-refractivity contribution in [3.8, 4) is 5.75 Å². The number of amides is 1. The number of hydrogen-bond acceptors (Lipinski definition) is 4. The van der Waals surface area contributed by atoms with Crippen LogP contribution in [0.25, 0.3) is 0 Å². The van der Waals surface area contributed by atoms with E-state index >= 15 is 0 Å². The van der Waals surface area contributed by atoms with Gasteiger partial charge in [-0.1, -0.05) is 17.7 Å². The molecule has 0 atom stereocenters. The van der Waals surface area contributed by atoms with E-state index in [1.54, 1.807) is 25.1 Å². The van der Waals surface area contributed by atoms with Crippen molar-refractivity contribution in [2.75, 3.05) is 46.9 Å². The van der Waals surface area contributed by atoms with Gasteiger partial charge in [-0.05, 0) is 19.1 Å². The summed E-state index contributed by atoms with van der Waals surface area (Å²) in [5, 5.41) is 3.98. The van der Waals surface area contributed by atoms with Crippen LogP contribution in [0.3, 0.4) is 0 Å². The predicted octanol–water partition coefficient (Wildman–Crippen LogP) is 2.82. The number of carbonyl (C=O) groups is 1. The molecule has 0 aliphatic carbocycles. The lowest BCUT2D eigenvalue weighted by molar-refractivity contribution is 0.0914. The molecule has 1 aromatic rings. The maximum atomic E-state index is 11.8. The first kappa shape index (κ1) is 22.6. The Morgan fingerprint density at radius 2 is 1.92 bits per heavy atom. The third-order valence-electron chi connectivity index (χ3n) is 4.00. The van der Waals surface area contributed by atoms with Crippen molar-refractivity contribution in [2.24, 2.45) is 4.99 Å². The molecule has 0 spiro atoms. The fourth-order valence-corrected chi connectivity index (χ4v) is 2.85. The van der Waals surface area contributed by atoms with Crippen LogP contribution in [0.1, 0.15) is 12.5 Å². The van der Waals surface area contributed by atoms with E-state index in [0.717, 1.165) is 17.3 Å². The molecule has 0 saturated carbocycles. The van der Waals surface area contributed by atoms with E-state index in [0.29, 0.717) is 44.4 Å². The fourth-order valence-electron chi connectivity index (χ4n) is 2.69. The number of aliphatic imine (C=N–C) groups is 1. The summed E-state index contributed by atoms with van der Waals surface area (Å²) in [6.07, 6.45) is -0.254. The third-order valence-corrected chi connectivity index (χ3v) is 4.24. The molecular formula is C17H26ClIN4O3. The number of methoxy groups -OCH3 is 1. The molecule has 1 heterocycles. The first-order valence-electron chi connectivity index (χ1n) is 8.28. The summed E-state index contributed by atoms with van der Waals surface area (Å²) in [5.74, 6) is 1.53. The van der Waals surface area contributed by atoms with Crippen molar-refractivity contribution >= 4 is 47.6 Å². The monoisotopic (exact) mass is 496 g/mol. The number of carbonyl (C=O) groups excluding carboxylic acids is 1. The number of ether oxygens (including phenoxy) is 2. The maximum Gasteiger partial charge on any atom is 0.409 e. The summed E-state index contributed by atoms with van der Waals surface area (Å²) in [7, 11) is 3.37. The van der Waals surface area contributed by atoms with Gasteiger partial charge in [0.2, 0.25) is 0 Å². The lowest BCUT2D eigenvalue weighted by atomic mass is 10.2. The van der Waals surface area contributed by atoms with Crippen LogP contribution >= 0.6 is 35.6 Å². The molecule has 1 aromatic carbocycles. The number of guanidine groups is 1. The van der Waals surface area contributed by atoms with Gasteiger partial charge in [-0.2, -0.15) is 0 Å². The van der Waals surface area contributed by atoms with Crippen LogP contribution in [0.4, 0.5) is 4.79 Å². The number of halogens is 2. The molecule has 0 bridgehead atoms. The zero-order valence-corrected chi connectivity index (χ0v) is 18.4. The number of rotatable bonds is 4. The molecule has 1 aliphatic rings. The highest BCUT2D eigenvalue weighted by atomic mass is 127. The van der Waals surface area contributed by atoms with Gasteiger partial charge in [0.05, 0.1) is 13.7 Å². The fraction of sp³-hybridized carbons (Fsp3) is 0.529. The van der Waals surface area contributed by atoms with Gasteiger partial charge in [-0.25, -0.2) is 4.79 Å². The number of piperazine rings is 1. The van der Waals surface area contributed by atoms with Gasteiger partial charge in [-0.3, -0.25) is 4.99 Å². The van der Waals surface area contributed by atoms with Crippen molar-refractivity contribution < 1.29 is 14.3 Å². The van der Waals surface area contributed by atoms with E-state index in [4.69, 9.17) is 21.1 Å². The molecule has 0 unspecified atom stereocenters. The summed E-state index contributed by atoms with van der Waals surface area (Å²) in [6, 6.07) is 5.56. The molecule has 0 radical (unpaired) electrons. The van der Waals surface area contributed by atoms with E-state index in [9.17, 15) is 4.79 Å². The van der Waals surface area contributed by atoms with Crippen LogP contribution in [0, 0.1) is 0 Å². The zero-order valence-electron chi connectivity index (χ0n) is 15.3. The minimum atomic E-state index is -0.254. The SMILES string of the molecule is CCOC(=O)N1CCN(C(=NC)NCc2ccc(Cl)cc2OC)CC1.I. The van der Waals surface area contributed by atoms with Crippen LogP contribution < -0.4 is 10.1 Å². The average molecular weight is 497 g/mol. The van der Waals surface area contributed by atoms with Crippen LogP contribution in [-0.4, -0.2) is 68.8 Å². The zero-order chi connectivity index (χ0) is 18.2. The highest BCUT2D eigenvalue weighted by molar-refractivity contribution is 14.0. The van der Waals surface area contributed by atoms with E-state index in [1.165, 1.54) is 0 Å². The van der Waals surface area contributed by atoms with Gasteiger partial charge >= 0.3 is 6.09 Å². The van der Waals surface area contributed by atoms with E-state index in [1.807, 2.05) is 19.1 Å². The summed E-state index contributed by atoms with van der Waals surface area (Å²) in [4.78, 5) is 19.9. The molecule has 9 heteroatoms. The normalized spacial score (nSPS) is 14.5. The van der Waals surface area contributed by atoms with Gasteiger partial charge in [0.25, 0.3) is 0 Å². The Morgan fingerprint density at radius 3 is 2.50 bits per heavy atom. The van der Waals surface area contributed by atoms with Crippen LogP contribution in [0.5, 0.6) is 5.75 Å². The number of nitrogens with zero attached hydrogens (tertiary/aromatic N) is 3. The molecule has 1 saturated heterocycles. The van der Waals surface area contributed by atoms with Gasteiger partial charge < -0.3 is 24.6 Å². The number of nitrogens with one attached hydrogen (secondary N) is 1. The van der Waals surface area contributed by atoms with Gasteiger partial charge in [0, 0.05) is 50.4 Å². The first-order chi connectivity index (χ1) is 12.1. The Bertz CT molecular complexity index is 622. The summed E-state index contributed by atoms with van der Waals surface area (Å²) >= 11 is 5.99. The molecule has 0 aromatic heterocycles. The summed E-state index contributed by atoms with van der Waals surface area (Å²) in [6.45, 7) is 5.42. The van der Waals surface area contributed by atoms with Crippen LogP contribution in [-0.2, 0) is 11.3 Å². The van der Waals surface area contributed by atoms with Crippen molar-refractivity contribution in [3.63, 3.8) is 0 Å². The quantitative estimate of drug-likeness (QED) is 0.395. The molecule has 1 fully saturated rings. The average Bonchev–Trinajstić information content (AvgIpc) is 2.63. The lowest BCUT2D eigenvalue weighted by Crippen LogP contribution is -2.53. The second-order valence-electron chi connectivity index (χ2n) is 5.53. The first-order valence-corrected chi connectivity index (χ1v) is 8.66. The second-order valence-corrected chi connectivity index (χ2v) is 5.97. The second kappa shape index (κ2) is 11.3. The van der Waals surface area contributed by atoms with Crippen LogP contribution in [0.15, 0.2) is 23.2 Å². The molecule has 2 rings (SSSR count). The Hall–Kier alpha value is -1.42. The van der Waals surface area contributed by atoms with Crippen molar-refractivity contribution in [2.45, 2.75) is 13.5 Å². The molecule has 1 aliphatic heterocycles. The smallest absolute Gasteiger partial charge is 0.409 e. The molecule has 26 heavy (non-hydrogen) atoms. The third kappa shape index (κ3) is 6.08. The topological polar surface area (TPSA) is 66.4 Å². The Kier molecular flexibility index (Phi) is 9.85. The van der Waals surface area contributed by atoms with Gasteiger partial charge in [0.15, 0.2) is 5.96 Å². The highest BCUT2D eigenvalue weighted by Gasteiger charge is 2.23. The van der Waals surface area contributed by atoms with Gasteiger partial charge in [0.1, 0.15) is 5.75 Å². The number of hydrogen-bond donors (Lipinski definition) is 1. The summed E-state index contributed by atoms with van der Waals surface area (Å²) in [5.41, 5.74) is 0.998. The van der Waals surface area contributed by atoms with Crippen molar-refractivity contribution in [1.29, 1.82) is 0 Å². The molecule has 1 N–H and O–H groups in total. The summed E-state index contributed by atoms with van der Waals surface area (Å²) < 4.78 is 10.4. The van der Waals surface area contributed by atoms with E-state index in [2.05, 4.69) is 15.2 Å². The highest BCUT2D eigenvalue weighted by Crippen LogP contribution is 2.23. The molecule has 7 nitrogen and oxygen atoms in total. The maximum absolute atomic E-state index is 11.8. The lowest BCUT2D eigenvalue weighted by Gasteiger charge is -2.35. The minimum absolute atomic E-state index is 0. The van der Waals surface area contributed by atoms with Crippen molar-refractivity contribution in [3.05, 3.63) is 28.8 Å². The van der Waals surface area contributed by atoms with E-state index in [-0.39, 0.29) is 30.1 Å². The predicted molar refractivity (Wildman–Crippen MR) is 114 cm³/mol. The standard InChI is InChI=1S/C17H25ClN4O3.HI/c1-4-25-17(23)22-9-7-21(8-10-22)16(19-2)20-12-13-5-6-14(18)11-15(13)24-3;/h5-6,11H,4,7-10,12H2,1-3H3,(H,19,20);1H. The largest absolute Gasteiger partial charge is 0.496 e. The minimum Gasteiger partial charge on any atom is -0.496 e. The van der Waals surface area contributed by atoms with E-state index < -0.39 is 0 Å². The molecular weight excluding hydrogens is 471 g/mol. The number of benzene rings is 1. The molecule has 1 amide bonds. The van der Waals surface area contributed by atoms with Gasteiger partial charge in [-0.15, -0.1) is 24.0 Å². The van der Waals surface area contributed by atoms with Crippen molar-refractivity contribution in [1.82, 2.24) is 15.1 Å². The van der Waals surface area contributed by atoms with Crippen LogP contribution in [0.2, 0.25) is 5.02 Å². The molecule has 146 valence electrons. The Balaban J connectivity index is 0.00000338.